The molecule has 0 aliphatic heterocycles. The van der Waals surface area contributed by atoms with Crippen LogP contribution < -0.4 is 16.9 Å². The van der Waals surface area contributed by atoms with Gasteiger partial charge in [-0.15, -0.1) is 0 Å². The fourth-order valence-electron chi connectivity index (χ4n) is 7.66. The van der Waals surface area contributed by atoms with Gasteiger partial charge >= 0.3 is 0 Å². The van der Waals surface area contributed by atoms with Crippen molar-refractivity contribution in [3.05, 3.63) is 189 Å². The number of halogens is 2. The molecule has 0 amide bonds. The molecule has 11 aromatic rings. The van der Waals surface area contributed by atoms with Crippen LogP contribution in [0.1, 0.15) is 17.2 Å². The monoisotopic (exact) mass is 913 g/mol. The normalized spacial score (nSPS) is 11.4. The van der Waals surface area contributed by atoms with Crippen LogP contribution >= 0.6 is 35.0 Å². The second kappa shape index (κ2) is 17.4. The maximum atomic E-state index is 14.0. The Labute approximate surface area is 382 Å². The molecule has 0 saturated heterocycles. The van der Waals surface area contributed by atoms with Gasteiger partial charge < -0.3 is 15.3 Å². The molecule has 0 bridgehead atoms. The van der Waals surface area contributed by atoms with Crippen LogP contribution in [0.4, 0.5) is 5.82 Å². The van der Waals surface area contributed by atoms with Gasteiger partial charge in [0.1, 0.15) is 40.4 Å². The molecule has 3 N–H and O–H groups in total. The molecule has 318 valence electrons. The van der Waals surface area contributed by atoms with E-state index in [1.54, 1.807) is 62.8 Å². The molecule has 0 aliphatic rings. The van der Waals surface area contributed by atoms with E-state index in [-0.39, 0.29) is 17.7 Å². The number of nitrogen functional groups attached to an aromatic ring is 1. The molecule has 18 heteroatoms. The minimum atomic E-state index is -0.252. The van der Waals surface area contributed by atoms with E-state index in [0.29, 0.717) is 83.1 Å². The number of aromatic amines is 1. The number of aryl methyl sites for hydroxylation is 1. The molecule has 0 radical (unpaired) electrons. The number of nitrogens with two attached hydrogens (primary N) is 1. The lowest BCUT2D eigenvalue weighted by molar-refractivity contribution is 0.719. The molecular formula is C47H33Cl2N13O2S. The highest BCUT2D eigenvalue weighted by atomic mass is 35.5. The van der Waals surface area contributed by atoms with Crippen LogP contribution in [0.25, 0.3) is 66.6 Å². The van der Waals surface area contributed by atoms with Gasteiger partial charge in [0, 0.05) is 5.56 Å². The number of imidazole rings is 2. The zero-order chi connectivity index (χ0) is 44.6. The Balaban J connectivity index is 0.000000155. The second-order valence-electron chi connectivity index (χ2n) is 14.6. The van der Waals surface area contributed by atoms with Crippen LogP contribution in [0.15, 0.2) is 155 Å². The van der Waals surface area contributed by atoms with Crippen molar-refractivity contribution in [1.29, 1.82) is 0 Å². The number of thioether (sulfide) groups is 1. The van der Waals surface area contributed by atoms with Crippen molar-refractivity contribution in [2.75, 3.05) is 5.73 Å². The second-order valence-corrected chi connectivity index (χ2v) is 16.4. The molecule has 15 nitrogen and oxygen atoms in total. The zero-order valence-electron chi connectivity index (χ0n) is 34.2. The van der Waals surface area contributed by atoms with Gasteiger partial charge in [-0.2, -0.15) is 0 Å². The minimum absolute atomic E-state index is 0.192. The van der Waals surface area contributed by atoms with E-state index < -0.39 is 0 Å². The molecule has 6 heterocycles. The third-order valence-corrected chi connectivity index (χ3v) is 12.3. The predicted octanol–water partition coefficient (Wildman–Crippen LogP) is 8.78. The van der Waals surface area contributed by atoms with Crippen molar-refractivity contribution in [3.63, 3.8) is 0 Å². The van der Waals surface area contributed by atoms with Gasteiger partial charge in [0.2, 0.25) is 0 Å². The number of aromatic nitrogens is 12. The molecular weight excluding hydrogens is 882 g/mol. The van der Waals surface area contributed by atoms with Gasteiger partial charge in [-0.3, -0.25) is 18.7 Å². The lowest BCUT2D eigenvalue weighted by Gasteiger charge is -2.18. The third kappa shape index (κ3) is 7.73. The molecule has 0 unspecified atom stereocenters. The van der Waals surface area contributed by atoms with Crippen LogP contribution in [0.3, 0.4) is 0 Å². The average Bonchev–Trinajstić information content (AvgIpc) is 3.98. The summed E-state index contributed by atoms with van der Waals surface area (Å²) in [6.45, 7) is 2.20. The summed E-state index contributed by atoms with van der Waals surface area (Å²) in [5.41, 5.74) is 13.3. The number of nitrogens with one attached hydrogen (secondary N) is 1. The van der Waals surface area contributed by atoms with Gasteiger partial charge in [-0.05, 0) is 54.4 Å². The fraction of sp³-hybridized carbons (Fsp3) is 0.0638. The van der Waals surface area contributed by atoms with Crippen LogP contribution in [0, 0.1) is 6.92 Å². The molecule has 0 spiro atoms. The standard InChI is InChI=1S/C26H18ClN7O.C21H15ClN6OS/c27-18-10-6-11-19-22(18)26(35)34(20-12-5-4-9-17(20)16-7-2-1-3-8-16)21(32-19)13-33-15-31-23-24(28)29-14-30-25(23)33;1-12-5-2-3-8-15(12)28-16(27-14-7-4-6-13(22)17(14)21(28)29)9-30-20-18-19(24-10-23-18)25-11-26-20/h1-12,14-15H,13H2,(H2,28,29,30);2-8,10-11H,9H2,1H3,(H,23,24,25,26). The van der Waals surface area contributed by atoms with Gasteiger partial charge in [-0.1, -0.05) is 114 Å². The highest BCUT2D eigenvalue weighted by Crippen LogP contribution is 2.30. The van der Waals surface area contributed by atoms with E-state index in [1.807, 2.05) is 85.8 Å². The highest BCUT2D eigenvalue weighted by Gasteiger charge is 2.21. The molecule has 11 rings (SSSR count). The van der Waals surface area contributed by atoms with Crippen LogP contribution in [-0.4, -0.2) is 58.6 Å². The summed E-state index contributed by atoms with van der Waals surface area (Å²) in [6, 6.07) is 35.9. The Bertz CT molecular complexity index is 3720. The summed E-state index contributed by atoms with van der Waals surface area (Å²) in [7, 11) is 0. The van der Waals surface area contributed by atoms with Gasteiger partial charge in [0.25, 0.3) is 11.1 Å². The number of nitrogens with zero attached hydrogens (tertiary/aromatic N) is 11. The highest BCUT2D eigenvalue weighted by molar-refractivity contribution is 7.98. The topological polar surface area (TPSA) is 194 Å². The fourth-order valence-corrected chi connectivity index (χ4v) is 9.03. The van der Waals surface area contributed by atoms with Crippen LogP contribution in [0.2, 0.25) is 10.0 Å². The summed E-state index contributed by atoms with van der Waals surface area (Å²) in [6.07, 6.45) is 6.09. The van der Waals surface area contributed by atoms with E-state index in [4.69, 9.17) is 38.9 Å². The van der Waals surface area contributed by atoms with Crippen molar-refractivity contribution >= 4 is 84.9 Å². The summed E-state index contributed by atoms with van der Waals surface area (Å²) >= 11 is 14.3. The van der Waals surface area contributed by atoms with E-state index in [0.717, 1.165) is 27.4 Å². The average molecular weight is 915 g/mol. The molecule has 0 saturated carbocycles. The first-order chi connectivity index (χ1) is 31.7. The number of fused-ring (bicyclic) bond motifs is 4. The zero-order valence-corrected chi connectivity index (χ0v) is 36.5. The van der Waals surface area contributed by atoms with Crippen molar-refractivity contribution < 1.29 is 0 Å². The summed E-state index contributed by atoms with van der Waals surface area (Å²) in [4.78, 5) is 65.6. The summed E-state index contributed by atoms with van der Waals surface area (Å²) in [5, 5.41) is 2.24. The van der Waals surface area contributed by atoms with Crippen molar-refractivity contribution in [3.8, 4) is 22.5 Å². The molecule has 0 fully saturated rings. The van der Waals surface area contributed by atoms with E-state index in [1.165, 1.54) is 24.4 Å². The number of H-pyrrole nitrogens is 1. The van der Waals surface area contributed by atoms with Gasteiger partial charge in [0.05, 0.1) is 68.2 Å². The first-order valence-corrected chi connectivity index (χ1v) is 21.8. The van der Waals surface area contributed by atoms with Crippen molar-refractivity contribution in [1.82, 2.24) is 58.6 Å². The number of benzene rings is 5. The van der Waals surface area contributed by atoms with E-state index in [9.17, 15) is 9.59 Å². The molecule has 65 heavy (non-hydrogen) atoms. The lowest BCUT2D eigenvalue weighted by Crippen LogP contribution is -2.26. The number of anilines is 1. The van der Waals surface area contributed by atoms with Gasteiger partial charge in [-0.25, -0.2) is 39.9 Å². The quantitative estimate of drug-likeness (QED) is 0.109. The maximum Gasteiger partial charge on any atom is 0.267 e. The molecule has 6 aromatic heterocycles. The number of hydrogen-bond donors (Lipinski definition) is 2. The van der Waals surface area contributed by atoms with E-state index >= 15 is 0 Å². The first kappa shape index (κ1) is 41.2. The summed E-state index contributed by atoms with van der Waals surface area (Å²) in [5.74, 6) is 1.82. The smallest absolute Gasteiger partial charge is 0.267 e. The SMILES string of the molecule is Cc1ccccc1-n1c(CSc2ncnc3[nH]cnc23)nc2cccc(Cl)c2c1=O.Nc1ncnc2c1ncn2Cc1nc2cccc(Cl)c2c(=O)n1-c1ccccc1-c1ccccc1. The Kier molecular flexibility index (Phi) is 11.0. The molecule has 0 atom stereocenters. The predicted molar refractivity (Wildman–Crippen MR) is 255 cm³/mol. The Morgan fingerprint density at radius 2 is 1.29 bits per heavy atom. The van der Waals surface area contributed by atoms with Crippen molar-refractivity contribution in [2.45, 2.75) is 24.2 Å². The first-order valence-electron chi connectivity index (χ1n) is 20.0. The number of rotatable bonds is 8. The van der Waals surface area contributed by atoms with Crippen molar-refractivity contribution in [2.24, 2.45) is 0 Å². The minimum Gasteiger partial charge on any atom is -0.382 e. The maximum absolute atomic E-state index is 14.0. The van der Waals surface area contributed by atoms with Gasteiger partial charge in [0.15, 0.2) is 17.1 Å². The largest absolute Gasteiger partial charge is 0.382 e. The number of hydrogen-bond acceptors (Lipinski definition) is 12. The molecule has 5 aromatic carbocycles. The Morgan fingerprint density at radius 3 is 2.03 bits per heavy atom. The number of para-hydroxylation sites is 2. The third-order valence-electron chi connectivity index (χ3n) is 10.7. The Hall–Kier alpha value is -7.79. The molecule has 0 aliphatic carbocycles. The summed E-state index contributed by atoms with van der Waals surface area (Å²) < 4.78 is 5.06. The van der Waals surface area contributed by atoms with E-state index in [2.05, 4.69) is 34.9 Å². The Morgan fingerprint density at radius 1 is 0.646 bits per heavy atom. The lowest BCUT2D eigenvalue weighted by atomic mass is 10.0. The van der Waals surface area contributed by atoms with Crippen LogP contribution in [0.5, 0.6) is 0 Å². The van der Waals surface area contributed by atoms with Crippen LogP contribution in [-0.2, 0) is 12.3 Å².